The molecule has 8 nitrogen and oxygen atoms in total. The van der Waals surface area contributed by atoms with E-state index < -0.39 is 47.2 Å². The zero-order chi connectivity index (χ0) is 37.4. The molecule has 0 N–H and O–H groups in total. The number of carbonyl (C=O) groups is 3. The summed E-state index contributed by atoms with van der Waals surface area (Å²) in [6.07, 6.45) is 0.698. The number of carbonyl (C=O) groups excluding carboxylic acids is 3. The number of hydrogen-bond donors (Lipinski definition) is 0. The molecule has 1 unspecified atom stereocenters. The number of hydrogen-bond acceptors (Lipinski definition) is 6. The van der Waals surface area contributed by atoms with Crippen LogP contribution in [0, 0.1) is 23.2 Å². The van der Waals surface area contributed by atoms with Gasteiger partial charge in [0.25, 0.3) is 0 Å². The Morgan fingerprint density at radius 1 is 0.962 bits per heavy atom. The predicted molar refractivity (Wildman–Crippen MR) is 185 cm³/mol. The van der Waals surface area contributed by atoms with Crippen molar-refractivity contribution in [3.05, 3.63) is 23.3 Å². The number of ether oxygens (including phenoxy) is 2. The van der Waals surface area contributed by atoms with Crippen LogP contribution in [0.2, 0.25) is 0 Å². The number of fused-ring (bicyclic) bond motifs is 5. The minimum Gasteiger partial charge on any atom is -0.493 e. The monoisotopic (exact) mass is 758 g/mol. The van der Waals surface area contributed by atoms with Crippen LogP contribution in [0.4, 0.5) is 26.7 Å². The van der Waals surface area contributed by atoms with Gasteiger partial charge < -0.3 is 19.3 Å². The van der Waals surface area contributed by atoms with E-state index in [4.69, 9.17) is 9.47 Å². The summed E-state index contributed by atoms with van der Waals surface area (Å²) in [6.45, 7) is 3.82. The number of rotatable bonds is 11. The van der Waals surface area contributed by atoms with E-state index in [1.165, 1.54) is 0 Å². The van der Waals surface area contributed by atoms with Crippen LogP contribution in [0.3, 0.4) is 0 Å². The van der Waals surface area contributed by atoms with Crippen LogP contribution in [0.5, 0.6) is 11.5 Å². The Bertz CT molecular complexity index is 1530. The van der Waals surface area contributed by atoms with Gasteiger partial charge in [-0.3, -0.25) is 13.8 Å². The lowest BCUT2D eigenvalue weighted by Crippen LogP contribution is -2.50. The quantitative estimate of drug-likeness (QED) is 0.214. The van der Waals surface area contributed by atoms with Crippen molar-refractivity contribution in [2.24, 2.45) is 23.2 Å². The lowest BCUT2D eigenvalue weighted by atomic mass is 9.52. The van der Waals surface area contributed by atoms with Gasteiger partial charge in [-0.05, 0) is 118 Å². The number of benzene rings is 1. The summed E-state index contributed by atoms with van der Waals surface area (Å²) in [4.78, 5) is 42.6. The molecule has 290 valence electrons. The zero-order valence-corrected chi connectivity index (χ0v) is 30.9. The van der Waals surface area contributed by atoms with Crippen LogP contribution in [0.1, 0.15) is 107 Å². The van der Waals surface area contributed by atoms with Gasteiger partial charge in [0, 0.05) is 72.7 Å². The maximum absolute atomic E-state index is 13.4. The summed E-state index contributed by atoms with van der Waals surface area (Å²) < 4.78 is 88.8. The highest BCUT2D eigenvalue weighted by Gasteiger charge is 2.58. The molecule has 0 bridgehead atoms. The van der Waals surface area contributed by atoms with Crippen molar-refractivity contribution in [2.75, 3.05) is 38.2 Å². The van der Waals surface area contributed by atoms with E-state index in [0.717, 1.165) is 49.8 Å². The first-order valence-corrected chi connectivity index (χ1v) is 20.4. The van der Waals surface area contributed by atoms with Gasteiger partial charge in [-0.25, -0.2) is 4.79 Å². The van der Waals surface area contributed by atoms with Crippen molar-refractivity contribution in [2.45, 2.75) is 121 Å². The zero-order valence-electron chi connectivity index (χ0n) is 30.1. The molecular weight excluding hydrogens is 707 g/mol. The first-order valence-electron chi connectivity index (χ1n) is 18.9. The summed E-state index contributed by atoms with van der Waals surface area (Å²) in [5, 5.41) is 0. The third kappa shape index (κ3) is 7.87. The molecule has 2 amide bonds. The second-order valence-corrected chi connectivity index (χ2v) is 17.5. The van der Waals surface area contributed by atoms with E-state index in [-0.39, 0.29) is 47.1 Å². The standard InChI is InChI=1S/C38H51F5N2O6S/c1-36-15-11-27-28-23-30(50-2)31(51-35(48)44-17-12-26(13-18-44)45-16-4-3-8-33(45)47)22-25(28)21-24(34(27)29(36)9-10-32(36)46)7-5-19-52(49)20-6-14-37(39,40)38(41,42)43/h22-24,26-27,29,34H,3-21H2,1-2H3/t24-,27-,29+,34-,36+,52?/m1/s1. The first-order chi connectivity index (χ1) is 24.6. The number of amides is 2. The third-order valence-corrected chi connectivity index (χ3v) is 14.3. The number of ketones is 1. The number of nitrogens with zero attached hydrogens (tertiary/aromatic N) is 2. The number of halogens is 5. The smallest absolute Gasteiger partial charge is 0.453 e. The molecule has 0 spiro atoms. The lowest BCUT2D eigenvalue weighted by molar-refractivity contribution is -0.284. The molecule has 2 heterocycles. The number of alkyl halides is 5. The topological polar surface area (TPSA) is 93.2 Å². The average molecular weight is 759 g/mol. The van der Waals surface area contributed by atoms with E-state index in [1.807, 2.05) is 17.0 Å². The molecular formula is C38H51F5N2O6S. The summed E-state index contributed by atoms with van der Waals surface area (Å²) in [5.74, 6) is -2.92. The highest BCUT2D eigenvalue weighted by atomic mass is 32.2. The molecule has 2 aliphatic heterocycles. The van der Waals surface area contributed by atoms with Crippen molar-refractivity contribution in [1.82, 2.24) is 9.80 Å². The van der Waals surface area contributed by atoms with Crippen LogP contribution < -0.4 is 9.47 Å². The maximum Gasteiger partial charge on any atom is 0.453 e. The molecule has 5 aliphatic rings. The Kier molecular flexibility index (Phi) is 11.6. The van der Waals surface area contributed by atoms with Crippen LogP contribution in [-0.4, -0.2) is 88.2 Å². The Balaban J connectivity index is 1.14. The Hall–Kier alpha value is -2.77. The van der Waals surface area contributed by atoms with Gasteiger partial charge in [0.05, 0.1) is 7.11 Å². The summed E-state index contributed by atoms with van der Waals surface area (Å²) in [6, 6.07) is 4.00. The second-order valence-electron chi connectivity index (χ2n) is 15.8. The van der Waals surface area contributed by atoms with Crippen LogP contribution in [0.15, 0.2) is 12.1 Å². The van der Waals surface area contributed by atoms with E-state index >= 15 is 0 Å². The molecule has 0 aromatic heterocycles. The summed E-state index contributed by atoms with van der Waals surface area (Å²) >= 11 is 0. The van der Waals surface area contributed by atoms with Gasteiger partial charge in [-0.2, -0.15) is 22.0 Å². The minimum absolute atomic E-state index is 0.119. The molecule has 2 saturated heterocycles. The van der Waals surface area contributed by atoms with E-state index in [9.17, 15) is 40.5 Å². The Morgan fingerprint density at radius 2 is 1.69 bits per heavy atom. The third-order valence-electron chi connectivity index (χ3n) is 12.8. The fourth-order valence-corrected chi connectivity index (χ4v) is 11.2. The van der Waals surface area contributed by atoms with Gasteiger partial charge >= 0.3 is 18.2 Å². The van der Waals surface area contributed by atoms with Crippen molar-refractivity contribution in [3.63, 3.8) is 0 Å². The molecule has 1 aromatic rings. The predicted octanol–water partition coefficient (Wildman–Crippen LogP) is 7.83. The molecule has 1 aromatic carbocycles. The molecule has 0 radical (unpaired) electrons. The fraction of sp³-hybridized carbons (Fsp3) is 0.763. The van der Waals surface area contributed by atoms with Crippen LogP contribution in [-0.2, 0) is 26.8 Å². The second kappa shape index (κ2) is 15.5. The largest absolute Gasteiger partial charge is 0.493 e. The lowest BCUT2D eigenvalue weighted by Gasteiger charge is -2.52. The number of Topliss-reactive ketones (excluding diaryl/α,β-unsaturated/α-hetero) is 1. The SMILES string of the molecule is COc1cc2c(cc1OC(=O)N1CCC(N3CCCCC3=O)CC1)C[C@@H](CCCS(=O)CCCC(F)(F)C(F)(F)F)[C@@H]1[C@@H]2CC[C@]2(C)C(=O)CC[C@@H]12. The summed E-state index contributed by atoms with van der Waals surface area (Å²) in [5.41, 5.74) is 1.75. The Labute approximate surface area is 305 Å². The van der Waals surface area contributed by atoms with Crippen LogP contribution in [0.25, 0.3) is 0 Å². The molecule has 4 fully saturated rings. The molecule has 3 aliphatic carbocycles. The van der Waals surface area contributed by atoms with Gasteiger partial charge in [0.15, 0.2) is 11.5 Å². The van der Waals surface area contributed by atoms with Crippen molar-refractivity contribution < 1.29 is 50.0 Å². The molecule has 52 heavy (non-hydrogen) atoms. The van der Waals surface area contributed by atoms with E-state index in [1.54, 1.807) is 12.0 Å². The van der Waals surface area contributed by atoms with Crippen LogP contribution >= 0.6 is 0 Å². The average Bonchev–Trinajstić information content (AvgIpc) is 3.41. The number of piperidine rings is 2. The number of likely N-dealkylation sites (tertiary alicyclic amines) is 2. The van der Waals surface area contributed by atoms with E-state index in [0.29, 0.717) is 75.3 Å². The molecule has 6 atom stereocenters. The Morgan fingerprint density at radius 3 is 2.38 bits per heavy atom. The van der Waals surface area contributed by atoms with Crippen molar-refractivity contribution in [1.29, 1.82) is 0 Å². The first kappa shape index (κ1) is 38.9. The van der Waals surface area contributed by atoms with Gasteiger partial charge in [0.1, 0.15) is 5.78 Å². The van der Waals surface area contributed by atoms with Gasteiger partial charge in [-0.1, -0.05) is 6.92 Å². The minimum atomic E-state index is -5.62. The molecule has 6 rings (SSSR count). The highest BCUT2D eigenvalue weighted by Crippen LogP contribution is 2.62. The van der Waals surface area contributed by atoms with Crippen molar-refractivity contribution in [3.8, 4) is 11.5 Å². The highest BCUT2D eigenvalue weighted by molar-refractivity contribution is 7.84. The van der Waals surface area contributed by atoms with Gasteiger partial charge in [0.2, 0.25) is 5.91 Å². The normalized spacial score (nSPS) is 29.0. The molecule has 2 saturated carbocycles. The fourth-order valence-electron chi connectivity index (χ4n) is 10.0. The number of methoxy groups -OCH3 is 1. The maximum atomic E-state index is 13.4. The van der Waals surface area contributed by atoms with Gasteiger partial charge in [-0.15, -0.1) is 0 Å². The summed E-state index contributed by atoms with van der Waals surface area (Å²) in [7, 11) is 0.00696. The molecule has 14 heteroatoms. The van der Waals surface area contributed by atoms with Crippen molar-refractivity contribution >= 4 is 28.6 Å². The van der Waals surface area contributed by atoms with E-state index in [2.05, 4.69) is 6.92 Å².